The van der Waals surface area contributed by atoms with Gasteiger partial charge in [0, 0.05) is 6.42 Å². The minimum atomic E-state index is 0.164. The van der Waals surface area contributed by atoms with E-state index in [1.807, 2.05) is 6.92 Å². The topological polar surface area (TPSA) is 41.9 Å². The van der Waals surface area contributed by atoms with Gasteiger partial charge >= 0.3 is 0 Å². The summed E-state index contributed by atoms with van der Waals surface area (Å²) in [6.07, 6.45) is 22.0. The Balaban J connectivity index is 1.88. The van der Waals surface area contributed by atoms with E-state index in [0.717, 1.165) is 12.8 Å². The molecule has 0 aromatic rings. The summed E-state index contributed by atoms with van der Waals surface area (Å²) < 4.78 is 5.41. The van der Waals surface area contributed by atoms with Crippen molar-refractivity contribution in [1.82, 2.24) is 4.90 Å². The monoisotopic (exact) mass is 378 g/mol. The quantitative estimate of drug-likeness (QED) is 0.235. The lowest BCUT2D eigenvalue weighted by Gasteiger charge is -2.17. The third-order valence-corrected chi connectivity index (χ3v) is 5.03. The maximum atomic E-state index is 12.2. The van der Waals surface area contributed by atoms with Crippen molar-refractivity contribution in [3.05, 3.63) is 12.2 Å². The molecule has 0 fully saturated rings. The van der Waals surface area contributed by atoms with E-state index in [0.29, 0.717) is 32.1 Å². The minimum Gasteiger partial charge on any atom is -0.465 e. The van der Waals surface area contributed by atoms with Crippen LogP contribution in [0.5, 0.6) is 0 Å². The van der Waals surface area contributed by atoms with Crippen LogP contribution >= 0.6 is 0 Å². The molecule has 156 valence electrons. The summed E-state index contributed by atoms with van der Waals surface area (Å²) in [7, 11) is 0. The molecule has 0 radical (unpaired) electrons. The lowest BCUT2D eigenvalue weighted by molar-refractivity contribution is -0.127. The first-order valence-corrected chi connectivity index (χ1v) is 11.4. The Bertz CT molecular complexity index is 432. The molecule has 4 heteroatoms. The first-order valence-electron chi connectivity index (χ1n) is 11.4. The van der Waals surface area contributed by atoms with Crippen LogP contribution in [0.25, 0.3) is 0 Å². The summed E-state index contributed by atoms with van der Waals surface area (Å²) in [5.41, 5.74) is 0. The molecule has 0 unspecified atom stereocenters. The van der Waals surface area contributed by atoms with E-state index in [4.69, 9.17) is 4.74 Å². The molecule has 1 heterocycles. The first-order chi connectivity index (χ1) is 13.3. The maximum absolute atomic E-state index is 12.2. The Labute approximate surface area is 167 Å². The normalized spacial score (nSPS) is 14.1. The van der Waals surface area contributed by atoms with Crippen molar-refractivity contribution < 1.29 is 9.53 Å². The summed E-state index contributed by atoms with van der Waals surface area (Å²) in [6, 6.07) is 0.523. The number of amides is 1. The molecule has 0 saturated carbocycles. The van der Waals surface area contributed by atoms with Gasteiger partial charge in [0.25, 0.3) is 6.02 Å². The average molecular weight is 379 g/mol. The van der Waals surface area contributed by atoms with E-state index in [-0.39, 0.29) is 5.91 Å². The van der Waals surface area contributed by atoms with Gasteiger partial charge in [0.05, 0.1) is 19.7 Å². The molecule has 0 bridgehead atoms. The number of unbranched alkanes of at least 4 members (excludes halogenated alkanes) is 11. The summed E-state index contributed by atoms with van der Waals surface area (Å²) in [4.78, 5) is 18.2. The van der Waals surface area contributed by atoms with Gasteiger partial charge < -0.3 is 4.74 Å². The van der Waals surface area contributed by atoms with Crippen LogP contribution in [-0.2, 0) is 9.53 Å². The second kappa shape index (κ2) is 16.8. The third-order valence-electron chi connectivity index (χ3n) is 5.03. The van der Waals surface area contributed by atoms with Crippen LogP contribution in [-0.4, -0.2) is 36.5 Å². The second-order valence-corrected chi connectivity index (χ2v) is 7.48. The Morgan fingerprint density at radius 2 is 1.52 bits per heavy atom. The number of amidine groups is 1. The molecule has 0 atom stereocenters. The zero-order valence-electron chi connectivity index (χ0n) is 17.9. The number of hydrogen-bond acceptors (Lipinski definition) is 3. The molecule has 0 aromatic carbocycles. The van der Waals surface area contributed by atoms with Crippen molar-refractivity contribution in [3.8, 4) is 0 Å². The van der Waals surface area contributed by atoms with Crippen molar-refractivity contribution in [1.29, 1.82) is 0 Å². The molecule has 0 N–H and O–H groups in total. The van der Waals surface area contributed by atoms with Gasteiger partial charge in [0.15, 0.2) is 0 Å². The summed E-state index contributed by atoms with van der Waals surface area (Å²) in [5, 5.41) is 0. The highest BCUT2D eigenvalue weighted by Crippen LogP contribution is 2.12. The molecule has 0 aromatic heterocycles. The third kappa shape index (κ3) is 11.9. The highest BCUT2D eigenvalue weighted by Gasteiger charge is 2.24. The fraction of sp³-hybridized carbons (Fsp3) is 0.826. The van der Waals surface area contributed by atoms with Crippen LogP contribution in [0.2, 0.25) is 0 Å². The van der Waals surface area contributed by atoms with E-state index >= 15 is 0 Å². The first kappa shape index (κ1) is 23.7. The van der Waals surface area contributed by atoms with Crippen molar-refractivity contribution in [2.45, 2.75) is 104 Å². The molecule has 1 rings (SSSR count). The number of carbonyl (C=O) groups excluding carboxylic acids is 1. The van der Waals surface area contributed by atoms with Gasteiger partial charge in [-0.05, 0) is 39.0 Å². The molecule has 0 saturated heterocycles. The second-order valence-electron chi connectivity index (χ2n) is 7.48. The van der Waals surface area contributed by atoms with E-state index in [1.165, 1.54) is 70.6 Å². The van der Waals surface area contributed by atoms with Gasteiger partial charge in [-0.1, -0.05) is 70.4 Å². The number of allylic oxidation sites excluding steroid dienone is 2. The lowest BCUT2D eigenvalue weighted by atomic mass is 10.1. The van der Waals surface area contributed by atoms with Crippen molar-refractivity contribution >= 4 is 11.9 Å². The van der Waals surface area contributed by atoms with Crippen molar-refractivity contribution in [3.63, 3.8) is 0 Å². The molecule has 1 aliphatic rings. The standard InChI is InChI=1S/C23H42N2O2/c1-3-5-6-7-8-9-10-11-12-13-14-15-16-17-18-19-22(26)25-21-20-24-23(25)27-4-2/h11-12H,3-10,13-21H2,1-2H3/b12-11-. The zero-order valence-corrected chi connectivity index (χ0v) is 17.9. The van der Waals surface area contributed by atoms with Crippen LogP contribution in [0.4, 0.5) is 0 Å². The number of rotatable bonds is 16. The molecule has 27 heavy (non-hydrogen) atoms. The van der Waals surface area contributed by atoms with Crippen molar-refractivity contribution in [2.24, 2.45) is 4.99 Å². The fourth-order valence-corrected chi connectivity index (χ4v) is 3.39. The SMILES string of the molecule is CCCCCCCC/C=C\CCCCCCCC(=O)N1CCN=C1OCC. The predicted octanol–water partition coefficient (Wildman–Crippen LogP) is 6.26. The number of hydrogen-bond donors (Lipinski definition) is 0. The van der Waals surface area contributed by atoms with E-state index in [2.05, 4.69) is 24.1 Å². The summed E-state index contributed by atoms with van der Waals surface area (Å²) in [5.74, 6) is 0.164. The average Bonchev–Trinajstić information content (AvgIpc) is 3.13. The lowest BCUT2D eigenvalue weighted by Crippen LogP contribution is -2.35. The van der Waals surface area contributed by atoms with Crippen molar-refractivity contribution in [2.75, 3.05) is 19.7 Å². The number of ether oxygens (including phenoxy) is 1. The predicted molar refractivity (Wildman–Crippen MR) is 115 cm³/mol. The highest BCUT2D eigenvalue weighted by molar-refractivity contribution is 5.95. The van der Waals surface area contributed by atoms with E-state index in [9.17, 15) is 4.79 Å². The Morgan fingerprint density at radius 1 is 0.926 bits per heavy atom. The summed E-state index contributed by atoms with van der Waals surface area (Å²) >= 11 is 0. The maximum Gasteiger partial charge on any atom is 0.294 e. The Hall–Kier alpha value is -1.32. The van der Waals surface area contributed by atoms with E-state index < -0.39 is 0 Å². The van der Waals surface area contributed by atoms with E-state index in [1.54, 1.807) is 4.90 Å². The van der Waals surface area contributed by atoms with Gasteiger partial charge in [0.2, 0.25) is 5.91 Å². The van der Waals surface area contributed by atoms with Crippen LogP contribution in [0.1, 0.15) is 104 Å². The van der Waals surface area contributed by atoms with Crippen LogP contribution in [0, 0.1) is 0 Å². The summed E-state index contributed by atoms with van der Waals surface area (Å²) in [6.45, 7) is 6.11. The van der Waals surface area contributed by atoms with Crippen LogP contribution in [0.15, 0.2) is 17.1 Å². The largest absolute Gasteiger partial charge is 0.465 e. The molecule has 0 spiro atoms. The number of aliphatic imine (C=N–C) groups is 1. The van der Waals surface area contributed by atoms with Gasteiger partial charge in [-0.2, -0.15) is 0 Å². The van der Waals surface area contributed by atoms with Gasteiger partial charge in [-0.3, -0.25) is 9.69 Å². The van der Waals surface area contributed by atoms with Crippen LogP contribution < -0.4 is 0 Å². The molecule has 0 aliphatic carbocycles. The van der Waals surface area contributed by atoms with Crippen LogP contribution in [0.3, 0.4) is 0 Å². The van der Waals surface area contributed by atoms with Gasteiger partial charge in [-0.15, -0.1) is 0 Å². The minimum absolute atomic E-state index is 0.164. The highest BCUT2D eigenvalue weighted by atomic mass is 16.5. The molecular weight excluding hydrogens is 336 g/mol. The molecule has 1 amide bonds. The van der Waals surface area contributed by atoms with Gasteiger partial charge in [-0.25, -0.2) is 4.99 Å². The number of nitrogens with zero attached hydrogens (tertiary/aromatic N) is 2. The smallest absolute Gasteiger partial charge is 0.294 e. The fourth-order valence-electron chi connectivity index (χ4n) is 3.39. The molecule has 1 aliphatic heterocycles. The molecule has 4 nitrogen and oxygen atoms in total. The number of carbonyl (C=O) groups is 1. The zero-order chi connectivity index (χ0) is 19.6. The van der Waals surface area contributed by atoms with Gasteiger partial charge in [0.1, 0.15) is 0 Å². The Morgan fingerprint density at radius 3 is 2.15 bits per heavy atom. The Kier molecular flexibility index (Phi) is 14.8. The molecular formula is C23H42N2O2.